The van der Waals surface area contributed by atoms with E-state index in [1.165, 1.54) is 0 Å². The lowest BCUT2D eigenvalue weighted by Crippen LogP contribution is -2.12. The third-order valence-electron chi connectivity index (χ3n) is 3.19. The molecule has 1 unspecified atom stereocenters. The Kier molecular flexibility index (Phi) is 4.09. The molecule has 3 nitrogen and oxygen atoms in total. The molecule has 20 heavy (non-hydrogen) atoms. The van der Waals surface area contributed by atoms with E-state index in [-0.39, 0.29) is 11.5 Å². The number of hydrogen-bond donors (Lipinski definition) is 1. The van der Waals surface area contributed by atoms with Crippen molar-refractivity contribution in [3.8, 4) is 11.6 Å². The molecule has 2 rings (SSSR count). The van der Waals surface area contributed by atoms with Gasteiger partial charge >= 0.3 is 0 Å². The fourth-order valence-electron chi connectivity index (χ4n) is 2.01. The number of nitrogens with zero attached hydrogens (tertiary/aromatic N) is 1. The van der Waals surface area contributed by atoms with Gasteiger partial charge in [-0.05, 0) is 24.0 Å². The number of benzene rings is 1. The van der Waals surface area contributed by atoms with Crippen LogP contribution in [-0.2, 0) is 5.41 Å². The summed E-state index contributed by atoms with van der Waals surface area (Å²) in [4.78, 5) is 4.32. The molecule has 0 saturated heterocycles. The van der Waals surface area contributed by atoms with Crippen molar-refractivity contribution >= 4 is 0 Å². The summed E-state index contributed by atoms with van der Waals surface area (Å²) in [6.07, 6.45) is 1.76. The van der Waals surface area contributed by atoms with Crippen LogP contribution in [-0.4, -0.2) is 4.98 Å². The van der Waals surface area contributed by atoms with Crippen LogP contribution in [0.4, 0.5) is 0 Å². The second-order valence-corrected chi connectivity index (χ2v) is 6.07. The van der Waals surface area contributed by atoms with Gasteiger partial charge in [-0.3, -0.25) is 0 Å². The van der Waals surface area contributed by atoms with Crippen LogP contribution in [0.3, 0.4) is 0 Å². The van der Waals surface area contributed by atoms with Gasteiger partial charge in [0.15, 0.2) is 0 Å². The van der Waals surface area contributed by atoms with Gasteiger partial charge in [-0.2, -0.15) is 0 Å². The SMILES string of the molecule is CC(N)c1ccc(Oc2ccccc2C(C)(C)C)nc1. The van der Waals surface area contributed by atoms with Gasteiger partial charge < -0.3 is 10.5 Å². The monoisotopic (exact) mass is 270 g/mol. The predicted octanol–water partition coefficient (Wildman–Crippen LogP) is 4.19. The molecular formula is C17H22N2O. The largest absolute Gasteiger partial charge is 0.439 e. The Morgan fingerprint density at radius 2 is 1.80 bits per heavy atom. The Balaban J connectivity index is 2.26. The lowest BCUT2D eigenvalue weighted by molar-refractivity contribution is 0.439. The van der Waals surface area contributed by atoms with E-state index in [9.17, 15) is 0 Å². The predicted molar refractivity (Wildman–Crippen MR) is 82.1 cm³/mol. The maximum absolute atomic E-state index is 5.92. The molecule has 106 valence electrons. The summed E-state index contributed by atoms with van der Waals surface area (Å²) in [6, 6.07) is 11.9. The van der Waals surface area contributed by atoms with Gasteiger partial charge in [-0.15, -0.1) is 0 Å². The van der Waals surface area contributed by atoms with Crippen LogP contribution in [0, 0.1) is 0 Å². The van der Waals surface area contributed by atoms with Crippen LogP contribution in [0.25, 0.3) is 0 Å². The summed E-state index contributed by atoms with van der Waals surface area (Å²) in [5.41, 5.74) is 8.01. The van der Waals surface area contributed by atoms with E-state index < -0.39 is 0 Å². The second kappa shape index (κ2) is 5.63. The van der Waals surface area contributed by atoms with Gasteiger partial charge in [0.1, 0.15) is 5.75 Å². The first-order valence-corrected chi connectivity index (χ1v) is 6.87. The van der Waals surface area contributed by atoms with E-state index in [0.29, 0.717) is 5.88 Å². The van der Waals surface area contributed by atoms with Gasteiger partial charge in [0.2, 0.25) is 5.88 Å². The summed E-state index contributed by atoms with van der Waals surface area (Å²) >= 11 is 0. The Hall–Kier alpha value is -1.87. The molecule has 0 bridgehead atoms. The molecule has 0 spiro atoms. The van der Waals surface area contributed by atoms with Crippen molar-refractivity contribution in [1.29, 1.82) is 0 Å². The number of rotatable bonds is 3. The zero-order valence-electron chi connectivity index (χ0n) is 12.6. The Morgan fingerprint density at radius 3 is 2.35 bits per heavy atom. The maximum Gasteiger partial charge on any atom is 0.219 e. The first-order chi connectivity index (χ1) is 9.38. The molecule has 1 atom stereocenters. The van der Waals surface area contributed by atoms with E-state index >= 15 is 0 Å². The van der Waals surface area contributed by atoms with Crippen LogP contribution < -0.4 is 10.5 Å². The Morgan fingerprint density at radius 1 is 1.10 bits per heavy atom. The van der Waals surface area contributed by atoms with Crippen molar-refractivity contribution in [3.63, 3.8) is 0 Å². The number of nitrogens with two attached hydrogens (primary N) is 1. The van der Waals surface area contributed by atoms with E-state index in [1.807, 2.05) is 37.3 Å². The normalized spacial score (nSPS) is 13.1. The summed E-state index contributed by atoms with van der Waals surface area (Å²) in [6.45, 7) is 8.44. The third kappa shape index (κ3) is 3.36. The van der Waals surface area contributed by atoms with Crippen LogP contribution in [0.5, 0.6) is 11.6 Å². The number of pyridine rings is 1. The molecule has 0 radical (unpaired) electrons. The molecule has 1 heterocycles. The van der Waals surface area contributed by atoms with Gasteiger partial charge in [0.05, 0.1) is 0 Å². The molecule has 0 amide bonds. The Labute approximate surface area is 120 Å². The standard InChI is InChI=1S/C17H22N2O/c1-12(18)13-9-10-16(19-11-13)20-15-8-6-5-7-14(15)17(2,3)4/h5-12H,18H2,1-4H3. The third-order valence-corrected chi connectivity index (χ3v) is 3.19. The highest BCUT2D eigenvalue weighted by molar-refractivity contribution is 5.40. The fourth-order valence-corrected chi connectivity index (χ4v) is 2.01. The maximum atomic E-state index is 5.92. The lowest BCUT2D eigenvalue weighted by atomic mass is 9.86. The highest BCUT2D eigenvalue weighted by atomic mass is 16.5. The van der Waals surface area contributed by atoms with E-state index in [2.05, 4.69) is 31.8 Å². The van der Waals surface area contributed by atoms with Crippen molar-refractivity contribution in [2.24, 2.45) is 5.73 Å². The molecule has 1 aromatic heterocycles. The summed E-state index contributed by atoms with van der Waals surface area (Å²) in [7, 11) is 0. The highest BCUT2D eigenvalue weighted by Gasteiger charge is 2.18. The van der Waals surface area contributed by atoms with Gasteiger partial charge in [0, 0.05) is 23.9 Å². The van der Waals surface area contributed by atoms with Crippen LogP contribution >= 0.6 is 0 Å². The molecule has 3 heteroatoms. The number of aromatic nitrogens is 1. The zero-order valence-corrected chi connectivity index (χ0v) is 12.6. The topological polar surface area (TPSA) is 48.1 Å². The van der Waals surface area contributed by atoms with E-state index in [1.54, 1.807) is 6.20 Å². The average molecular weight is 270 g/mol. The van der Waals surface area contributed by atoms with Gasteiger partial charge in [-0.25, -0.2) is 4.98 Å². The van der Waals surface area contributed by atoms with Crippen molar-refractivity contribution in [2.45, 2.75) is 39.2 Å². The van der Waals surface area contributed by atoms with Crippen LogP contribution in [0.15, 0.2) is 42.6 Å². The molecule has 1 aromatic carbocycles. The smallest absolute Gasteiger partial charge is 0.219 e. The molecule has 0 aliphatic heterocycles. The molecule has 2 aromatic rings. The van der Waals surface area contributed by atoms with Crippen LogP contribution in [0.1, 0.15) is 44.9 Å². The molecule has 0 saturated carbocycles. The molecular weight excluding hydrogens is 248 g/mol. The average Bonchev–Trinajstić information content (AvgIpc) is 2.38. The Bertz CT molecular complexity index is 568. The molecule has 0 fully saturated rings. The molecule has 2 N–H and O–H groups in total. The molecule has 0 aliphatic carbocycles. The number of para-hydroxylation sites is 1. The minimum absolute atomic E-state index is 0.0154. The number of ether oxygens (including phenoxy) is 1. The van der Waals surface area contributed by atoms with Crippen molar-refractivity contribution in [2.75, 3.05) is 0 Å². The molecule has 0 aliphatic rings. The first-order valence-electron chi connectivity index (χ1n) is 6.87. The van der Waals surface area contributed by atoms with E-state index in [0.717, 1.165) is 16.9 Å². The lowest BCUT2D eigenvalue weighted by Gasteiger charge is -2.22. The highest BCUT2D eigenvalue weighted by Crippen LogP contribution is 2.33. The summed E-state index contributed by atoms with van der Waals surface area (Å²) in [5, 5.41) is 0. The number of hydrogen-bond acceptors (Lipinski definition) is 3. The van der Waals surface area contributed by atoms with Crippen molar-refractivity contribution in [1.82, 2.24) is 4.98 Å². The zero-order chi connectivity index (χ0) is 14.8. The summed E-state index contributed by atoms with van der Waals surface area (Å²) in [5.74, 6) is 1.44. The van der Waals surface area contributed by atoms with Crippen molar-refractivity contribution in [3.05, 3.63) is 53.7 Å². The second-order valence-electron chi connectivity index (χ2n) is 6.07. The summed E-state index contributed by atoms with van der Waals surface area (Å²) < 4.78 is 5.92. The fraction of sp³-hybridized carbons (Fsp3) is 0.353. The van der Waals surface area contributed by atoms with E-state index in [4.69, 9.17) is 10.5 Å². The van der Waals surface area contributed by atoms with Gasteiger partial charge in [0.25, 0.3) is 0 Å². The van der Waals surface area contributed by atoms with Gasteiger partial charge in [-0.1, -0.05) is 45.0 Å². The first kappa shape index (κ1) is 14.5. The van der Waals surface area contributed by atoms with Crippen LogP contribution in [0.2, 0.25) is 0 Å². The minimum atomic E-state index is -0.0154. The minimum Gasteiger partial charge on any atom is -0.439 e. The van der Waals surface area contributed by atoms with Crippen molar-refractivity contribution < 1.29 is 4.74 Å². The quantitative estimate of drug-likeness (QED) is 0.909.